The van der Waals surface area contributed by atoms with Crippen molar-refractivity contribution in [3.05, 3.63) is 20.7 Å². The van der Waals surface area contributed by atoms with Crippen molar-refractivity contribution in [1.82, 2.24) is 19.2 Å². The zero-order valence-electron chi connectivity index (χ0n) is 12.7. The lowest BCUT2D eigenvalue weighted by Crippen LogP contribution is -2.10. The highest BCUT2D eigenvalue weighted by Gasteiger charge is 2.24. The smallest absolute Gasteiger partial charge is 0.316 e. The van der Waals surface area contributed by atoms with E-state index in [0.717, 1.165) is 34.5 Å². The average Bonchev–Trinajstić information content (AvgIpc) is 3.23. The van der Waals surface area contributed by atoms with Crippen LogP contribution in [0, 0.1) is 0 Å². The quantitative estimate of drug-likeness (QED) is 0.525. The number of ether oxygens (including phenoxy) is 1. The molecule has 0 saturated heterocycles. The first-order valence-electron chi connectivity index (χ1n) is 7.19. The maximum absolute atomic E-state index is 12.8. The molecule has 0 aliphatic heterocycles. The maximum Gasteiger partial charge on any atom is 0.316 e. The zero-order valence-corrected chi connectivity index (χ0v) is 14.3. The highest BCUT2D eigenvalue weighted by Crippen LogP contribution is 2.32. The molecule has 4 rings (SSSR count). The van der Waals surface area contributed by atoms with E-state index in [2.05, 4.69) is 14.9 Å². The molecule has 0 amide bonds. The van der Waals surface area contributed by atoms with Crippen LogP contribution in [0.1, 0.15) is 16.9 Å². The van der Waals surface area contributed by atoms with Crippen molar-refractivity contribution in [2.45, 2.75) is 24.4 Å². The SMILES string of the molecule is COC(=O)CSc1nnc2n(C)c3c(=O)c4c(sc3n12)CCC4. The number of thioether (sulfide) groups is 1. The van der Waals surface area contributed by atoms with Crippen LogP contribution in [-0.2, 0) is 29.4 Å². The Morgan fingerprint density at radius 1 is 1.39 bits per heavy atom. The molecule has 1 aliphatic rings. The monoisotopic (exact) mass is 350 g/mol. The van der Waals surface area contributed by atoms with Crippen LogP contribution in [-0.4, -0.2) is 38.0 Å². The molecule has 3 aromatic heterocycles. The van der Waals surface area contributed by atoms with Crippen LogP contribution in [0.4, 0.5) is 0 Å². The highest BCUT2D eigenvalue weighted by atomic mass is 32.2. The number of hydrogen-bond acceptors (Lipinski definition) is 7. The summed E-state index contributed by atoms with van der Waals surface area (Å²) in [4.78, 5) is 26.2. The fourth-order valence-corrected chi connectivity index (χ4v) is 5.16. The fourth-order valence-electron chi connectivity index (χ4n) is 2.95. The molecule has 0 bridgehead atoms. The second kappa shape index (κ2) is 5.34. The van der Waals surface area contributed by atoms with Gasteiger partial charge in [-0.1, -0.05) is 11.8 Å². The summed E-state index contributed by atoms with van der Waals surface area (Å²) in [5, 5.41) is 8.92. The molecule has 23 heavy (non-hydrogen) atoms. The van der Waals surface area contributed by atoms with Gasteiger partial charge in [0.25, 0.3) is 0 Å². The fraction of sp³-hybridized carbons (Fsp3) is 0.429. The van der Waals surface area contributed by atoms with Gasteiger partial charge in [-0.25, -0.2) is 4.40 Å². The molecular formula is C14H14N4O3S2. The molecule has 7 nitrogen and oxygen atoms in total. The van der Waals surface area contributed by atoms with Gasteiger partial charge in [0.15, 0.2) is 5.16 Å². The Morgan fingerprint density at radius 2 is 2.22 bits per heavy atom. The molecule has 0 unspecified atom stereocenters. The largest absolute Gasteiger partial charge is 0.468 e. The van der Waals surface area contributed by atoms with Gasteiger partial charge in [0, 0.05) is 17.5 Å². The van der Waals surface area contributed by atoms with Gasteiger partial charge in [-0.3, -0.25) is 9.59 Å². The van der Waals surface area contributed by atoms with Crippen molar-refractivity contribution in [2.75, 3.05) is 12.9 Å². The molecule has 1 aliphatic carbocycles. The van der Waals surface area contributed by atoms with Crippen molar-refractivity contribution in [2.24, 2.45) is 7.05 Å². The van der Waals surface area contributed by atoms with E-state index >= 15 is 0 Å². The van der Waals surface area contributed by atoms with Crippen LogP contribution in [0.3, 0.4) is 0 Å². The molecule has 0 N–H and O–H groups in total. The van der Waals surface area contributed by atoms with Gasteiger partial charge in [0.05, 0.1) is 12.9 Å². The lowest BCUT2D eigenvalue weighted by atomic mass is 10.2. The van der Waals surface area contributed by atoms with E-state index in [-0.39, 0.29) is 17.2 Å². The third-order valence-corrected chi connectivity index (χ3v) is 6.25. The predicted molar refractivity (Wildman–Crippen MR) is 88.4 cm³/mol. The second-order valence-electron chi connectivity index (χ2n) is 5.38. The van der Waals surface area contributed by atoms with Crippen molar-refractivity contribution in [3.8, 4) is 0 Å². The van der Waals surface area contributed by atoms with E-state index in [1.165, 1.54) is 18.9 Å². The van der Waals surface area contributed by atoms with Gasteiger partial charge in [-0.15, -0.1) is 21.5 Å². The molecule has 0 fully saturated rings. The summed E-state index contributed by atoms with van der Waals surface area (Å²) >= 11 is 2.89. The number of hydrogen-bond donors (Lipinski definition) is 0. The Hall–Kier alpha value is -1.87. The number of fused-ring (bicyclic) bond motifs is 4. The molecule has 0 saturated carbocycles. The number of aryl methyl sites for hydroxylation is 2. The molecule has 3 heterocycles. The van der Waals surface area contributed by atoms with Crippen LogP contribution in [0.15, 0.2) is 9.95 Å². The first-order valence-corrected chi connectivity index (χ1v) is 9.00. The Morgan fingerprint density at radius 3 is 3.00 bits per heavy atom. The van der Waals surface area contributed by atoms with E-state index < -0.39 is 0 Å². The molecule has 0 radical (unpaired) electrons. The second-order valence-corrected chi connectivity index (χ2v) is 7.41. The minimum Gasteiger partial charge on any atom is -0.468 e. The summed E-state index contributed by atoms with van der Waals surface area (Å²) in [5.41, 5.74) is 1.71. The summed E-state index contributed by atoms with van der Waals surface area (Å²) in [6, 6.07) is 0. The van der Waals surface area contributed by atoms with Gasteiger partial charge in [-0.05, 0) is 19.3 Å². The van der Waals surface area contributed by atoms with Crippen LogP contribution < -0.4 is 5.43 Å². The van der Waals surface area contributed by atoms with Crippen molar-refractivity contribution in [3.63, 3.8) is 0 Å². The zero-order chi connectivity index (χ0) is 16.1. The molecule has 3 aromatic rings. The number of nitrogens with zero attached hydrogens (tertiary/aromatic N) is 4. The number of aromatic nitrogens is 4. The van der Waals surface area contributed by atoms with Gasteiger partial charge in [-0.2, -0.15) is 0 Å². The molecule has 0 aromatic carbocycles. The number of carbonyl (C=O) groups excluding carboxylic acids is 1. The number of methoxy groups -OCH3 is 1. The average molecular weight is 350 g/mol. The Balaban J connectivity index is 1.95. The Bertz CT molecular complexity index is 1000. The predicted octanol–water partition coefficient (Wildman–Crippen LogP) is 1.40. The van der Waals surface area contributed by atoms with Gasteiger partial charge < -0.3 is 9.30 Å². The first kappa shape index (κ1) is 14.7. The minimum absolute atomic E-state index is 0.100. The molecular weight excluding hydrogens is 336 g/mol. The summed E-state index contributed by atoms with van der Waals surface area (Å²) in [7, 11) is 3.19. The van der Waals surface area contributed by atoms with E-state index in [9.17, 15) is 9.59 Å². The topological polar surface area (TPSA) is 78.5 Å². The lowest BCUT2D eigenvalue weighted by Gasteiger charge is -2.00. The van der Waals surface area contributed by atoms with E-state index in [0.29, 0.717) is 16.5 Å². The van der Waals surface area contributed by atoms with E-state index in [1.54, 1.807) is 15.9 Å². The lowest BCUT2D eigenvalue weighted by molar-refractivity contribution is -0.137. The Labute approximate surface area is 139 Å². The minimum atomic E-state index is -0.318. The number of esters is 1. The molecule has 0 atom stereocenters. The van der Waals surface area contributed by atoms with Crippen molar-refractivity contribution >= 4 is 45.2 Å². The number of carbonyl (C=O) groups is 1. The number of rotatable bonds is 3. The van der Waals surface area contributed by atoms with Crippen LogP contribution in [0.5, 0.6) is 0 Å². The third-order valence-electron chi connectivity index (χ3n) is 4.08. The summed E-state index contributed by atoms with van der Waals surface area (Å²) in [6.07, 6.45) is 2.84. The summed E-state index contributed by atoms with van der Waals surface area (Å²) < 4.78 is 8.33. The van der Waals surface area contributed by atoms with Crippen LogP contribution in [0.2, 0.25) is 0 Å². The van der Waals surface area contributed by atoms with Gasteiger partial charge in [0.1, 0.15) is 10.3 Å². The molecule has 120 valence electrons. The standard InChI is InChI=1S/C14H14N4O3S2/c1-17-10-11(20)7-4-3-5-8(7)23-12(10)18-13(17)15-16-14(18)22-6-9(19)21-2/h3-6H2,1-2H3. The van der Waals surface area contributed by atoms with Crippen molar-refractivity contribution in [1.29, 1.82) is 0 Å². The van der Waals surface area contributed by atoms with Crippen LogP contribution >= 0.6 is 23.1 Å². The Kier molecular flexibility index (Phi) is 3.42. The van der Waals surface area contributed by atoms with E-state index in [1.807, 2.05) is 11.4 Å². The number of imidazole rings is 1. The van der Waals surface area contributed by atoms with Gasteiger partial charge in [0.2, 0.25) is 11.2 Å². The first-order chi connectivity index (χ1) is 11.1. The normalized spacial score (nSPS) is 13.8. The maximum atomic E-state index is 12.8. The third kappa shape index (κ3) is 2.10. The van der Waals surface area contributed by atoms with Crippen LogP contribution in [0.25, 0.3) is 16.1 Å². The molecule has 9 heteroatoms. The highest BCUT2D eigenvalue weighted by molar-refractivity contribution is 7.99. The summed E-state index contributed by atoms with van der Waals surface area (Å²) in [5.74, 6) is 0.457. The summed E-state index contributed by atoms with van der Waals surface area (Å²) in [6.45, 7) is 0. The van der Waals surface area contributed by atoms with Gasteiger partial charge >= 0.3 is 5.97 Å². The van der Waals surface area contributed by atoms with E-state index in [4.69, 9.17) is 0 Å². The molecule has 0 spiro atoms. The van der Waals surface area contributed by atoms with Crippen molar-refractivity contribution < 1.29 is 9.53 Å².